The molecule has 0 bridgehead atoms. The number of amidine groups is 1. The van der Waals surface area contributed by atoms with Gasteiger partial charge in [0.25, 0.3) is 5.69 Å². The van der Waals surface area contributed by atoms with Gasteiger partial charge in [0.05, 0.1) is 11.5 Å². The van der Waals surface area contributed by atoms with E-state index in [1.54, 1.807) is 12.1 Å². The van der Waals surface area contributed by atoms with Crippen LogP contribution in [0.1, 0.15) is 33.1 Å². The number of nitro benzene ring substituents is 1. The van der Waals surface area contributed by atoms with Crippen LogP contribution in [0.4, 0.5) is 5.69 Å². The van der Waals surface area contributed by atoms with Gasteiger partial charge < -0.3 is 15.7 Å². The average molecular weight is 295 g/mol. The maximum atomic E-state index is 10.5. The number of hydrogen-bond donors (Lipinski definition) is 2. The van der Waals surface area contributed by atoms with E-state index in [0.29, 0.717) is 12.4 Å². The first-order valence-electron chi connectivity index (χ1n) is 6.72. The summed E-state index contributed by atoms with van der Waals surface area (Å²) in [7, 11) is 0. The number of ether oxygens (including phenoxy) is 1. The Hall–Kier alpha value is -2.31. The van der Waals surface area contributed by atoms with E-state index in [1.165, 1.54) is 12.1 Å². The molecule has 0 spiro atoms. The van der Waals surface area contributed by atoms with Crippen molar-refractivity contribution in [3.8, 4) is 5.75 Å². The maximum absolute atomic E-state index is 10.5. The molecule has 7 heteroatoms. The molecule has 0 unspecified atom stereocenters. The molecule has 1 aromatic rings. The van der Waals surface area contributed by atoms with Crippen LogP contribution in [-0.4, -0.2) is 22.6 Å². The summed E-state index contributed by atoms with van der Waals surface area (Å²) in [6, 6.07) is 5.99. The monoisotopic (exact) mass is 295 g/mol. The molecule has 0 aliphatic heterocycles. The highest BCUT2D eigenvalue weighted by molar-refractivity contribution is 5.85. The van der Waals surface area contributed by atoms with Gasteiger partial charge in [-0.1, -0.05) is 19.0 Å². The number of nitrogens with two attached hydrogens (primary N) is 1. The molecule has 0 aliphatic rings. The molecule has 1 aromatic carbocycles. The third kappa shape index (κ3) is 5.29. The van der Waals surface area contributed by atoms with Crippen LogP contribution in [0.15, 0.2) is 29.4 Å². The van der Waals surface area contributed by atoms with Crippen molar-refractivity contribution < 1.29 is 14.9 Å². The van der Waals surface area contributed by atoms with Gasteiger partial charge in [-0.05, 0) is 31.4 Å². The summed E-state index contributed by atoms with van der Waals surface area (Å²) in [4.78, 5) is 10.1. The minimum absolute atomic E-state index is 0.0443. The first-order valence-corrected chi connectivity index (χ1v) is 6.72. The van der Waals surface area contributed by atoms with Gasteiger partial charge in [-0.25, -0.2) is 0 Å². The molecule has 1 rings (SSSR count). The number of rotatable bonds is 8. The largest absolute Gasteiger partial charge is 0.494 e. The lowest BCUT2D eigenvalue weighted by Crippen LogP contribution is -2.31. The van der Waals surface area contributed by atoms with Gasteiger partial charge in [-0.15, -0.1) is 0 Å². The van der Waals surface area contributed by atoms with E-state index in [-0.39, 0.29) is 16.9 Å². The summed E-state index contributed by atoms with van der Waals surface area (Å²) in [5, 5.41) is 22.2. The highest BCUT2D eigenvalue weighted by Crippen LogP contribution is 2.23. The van der Waals surface area contributed by atoms with E-state index in [1.807, 2.05) is 13.8 Å². The summed E-state index contributed by atoms with van der Waals surface area (Å²) < 4.78 is 5.51. The molecule has 0 saturated carbocycles. The fourth-order valence-corrected chi connectivity index (χ4v) is 1.79. The highest BCUT2D eigenvalue weighted by Gasteiger charge is 2.22. The Balaban J connectivity index is 2.30. The molecule has 3 N–H and O–H groups in total. The number of hydrogen-bond acceptors (Lipinski definition) is 5. The summed E-state index contributed by atoms with van der Waals surface area (Å²) in [5.74, 6) is 0.829. The minimum Gasteiger partial charge on any atom is -0.494 e. The molecule has 0 aromatic heterocycles. The van der Waals surface area contributed by atoms with Gasteiger partial charge in [0, 0.05) is 17.5 Å². The van der Waals surface area contributed by atoms with Crippen molar-refractivity contribution >= 4 is 11.5 Å². The lowest BCUT2D eigenvalue weighted by molar-refractivity contribution is -0.384. The lowest BCUT2D eigenvalue weighted by Gasteiger charge is -2.22. The van der Waals surface area contributed by atoms with Gasteiger partial charge in [0.1, 0.15) is 11.6 Å². The Kier molecular flexibility index (Phi) is 5.95. The van der Waals surface area contributed by atoms with Gasteiger partial charge in [0.15, 0.2) is 0 Å². The molecule has 0 radical (unpaired) electrons. The average Bonchev–Trinajstić information content (AvgIpc) is 2.46. The van der Waals surface area contributed by atoms with E-state index in [4.69, 9.17) is 15.7 Å². The smallest absolute Gasteiger partial charge is 0.269 e. The van der Waals surface area contributed by atoms with Crippen LogP contribution in [0, 0.1) is 15.5 Å². The number of oxime groups is 1. The zero-order chi connectivity index (χ0) is 15.9. The maximum Gasteiger partial charge on any atom is 0.269 e. The van der Waals surface area contributed by atoms with Crippen molar-refractivity contribution in [2.75, 3.05) is 6.61 Å². The first kappa shape index (κ1) is 16.7. The molecular formula is C14H21N3O4. The molecule has 0 heterocycles. The third-order valence-corrected chi connectivity index (χ3v) is 3.31. The second-order valence-corrected chi connectivity index (χ2v) is 5.43. The second kappa shape index (κ2) is 7.47. The quantitative estimate of drug-likeness (QED) is 0.191. The zero-order valence-electron chi connectivity index (χ0n) is 12.3. The van der Waals surface area contributed by atoms with Gasteiger partial charge in [0.2, 0.25) is 0 Å². The number of unbranched alkanes of at least 4 members (excludes halogenated alkanes) is 1. The van der Waals surface area contributed by atoms with Crippen LogP contribution >= 0.6 is 0 Å². The zero-order valence-corrected chi connectivity index (χ0v) is 12.3. The molecule has 0 fully saturated rings. The summed E-state index contributed by atoms with van der Waals surface area (Å²) in [5.41, 5.74) is 5.31. The van der Waals surface area contributed by atoms with Crippen molar-refractivity contribution in [2.24, 2.45) is 16.3 Å². The van der Waals surface area contributed by atoms with Crippen LogP contribution in [0.5, 0.6) is 5.75 Å². The standard InChI is InChI=1S/C14H21N3O4/c1-14(2,13(15)16-18)9-3-4-10-21-12-7-5-11(6-8-12)17(19)20/h5-8,18H,3-4,9-10H2,1-2H3,(H2,15,16). The fourth-order valence-electron chi connectivity index (χ4n) is 1.79. The highest BCUT2D eigenvalue weighted by atomic mass is 16.6. The minimum atomic E-state index is -0.445. The van der Waals surface area contributed by atoms with Crippen molar-refractivity contribution in [3.63, 3.8) is 0 Å². The van der Waals surface area contributed by atoms with Crippen molar-refractivity contribution in [1.29, 1.82) is 0 Å². The number of benzene rings is 1. The topological polar surface area (TPSA) is 111 Å². The van der Waals surface area contributed by atoms with E-state index < -0.39 is 4.92 Å². The van der Waals surface area contributed by atoms with Crippen molar-refractivity contribution in [3.05, 3.63) is 34.4 Å². The summed E-state index contributed by atoms with van der Waals surface area (Å²) >= 11 is 0. The molecule has 21 heavy (non-hydrogen) atoms. The lowest BCUT2D eigenvalue weighted by atomic mass is 9.86. The Morgan fingerprint density at radius 2 is 2.00 bits per heavy atom. The van der Waals surface area contributed by atoms with Crippen LogP contribution < -0.4 is 10.5 Å². The normalized spacial score (nSPS) is 12.2. The Morgan fingerprint density at radius 3 is 2.52 bits per heavy atom. The molecule has 7 nitrogen and oxygen atoms in total. The molecule has 0 aliphatic carbocycles. The first-order chi connectivity index (χ1) is 9.86. The molecule has 116 valence electrons. The fraction of sp³-hybridized carbons (Fsp3) is 0.500. The second-order valence-electron chi connectivity index (χ2n) is 5.43. The van der Waals surface area contributed by atoms with Crippen LogP contribution in [0.2, 0.25) is 0 Å². The molecule has 0 amide bonds. The number of non-ortho nitro benzene ring substituents is 1. The third-order valence-electron chi connectivity index (χ3n) is 3.31. The molecular weight excluding hydrogens is 274 g/mol. The van der Waals surface area contributed by atoms with Crippen LogP contribution in [0.25, 0.3) is 0 Å². The van der Waals surface area contributed by atoms with Crippen LogP contribution in [-0.2, 0) is 0 Å². The molecule has 0 saturated heterocycles. The van der Waals surface area contributed by atoms with Crippen molar-refractivity contribution in [1.82, 2.24) is 0 Å². The number of nitrogens with zero attached hydrogens (tertiary/aromatic N) is 2. The van der Waals surface area contributed by atoms with E-state index in [0.717, 1.165) is 19.3 Å². The van der Waals surface area contributed by atoms with Crippen LogP contribution in [0.3, 0.4) is 0 Å². The molecule has 0 atom stereocenters. The predicted octanol–water partition coefficient (Wildman–Crippen LogP) is 2.92. The Morgan fingerprint density at radius 1 is 1.38 bits per heavy atom. The Bertz CT molecular complexity index is 497. The predicted molar refractivity (Wildman–Crippen MR) is 79.6 cm³/mol. The summed E-state index contributed by atoms with van der Waals surface area (Å²) in [6.07, 6.45) is 2.47. The van der Waals surface area contributed by atoms with E-state index in [2.05, 4.69) is 5.16 Å². The van der Waals surface area contributed by atoms with Gasteiger partial charge in [-0.3, -0.25) is 10.1 Å². The van der Waals surface area contributed by atoms with E-state index in [9.17, 15) is 10.1 Å². The number of nitro groups is 1. The Labute approximate surface area is 123 Å². The SMILES string of the molecule is CC(C)(CCCCOc1ccc([N+](=O)[O-])cc1)/C(N)=N/O. The van der Waals surface area contributed by atoms with E-state index >= 15 is 0 Å². The van der Waals surface area contributed by atoms with Crippen molar-refractivity contribution in [2.45, 2.75) is 33.1 Å². The summed E-state index contributed by atoms with van der Waals surface area (Å²) in [6.45, 7) is 4.35. The van der Waals surface area contributed by atoms with Gasteiger partial charge >= 0.3 is 0 Å². The van der Waals surface area contributed by atoms with Gasteiger partial charge in [-0.2, -0.15) is 0 Å².